The molecule has 2 heteroatoms. The van der Waals surface area contributed by atoms with Gasteiger partial charge in [-0.25, -0.2) is 0 Å². The van der Waals surface area contributed by atoms with Gasteiger partial charge in [-0.15, -0.1) is 0 Å². The van der Waals surface area contributed by atoms with Gasteiger partial charge in [0, 0.05) is 11.1 Å². The fraction of sp³-hybridized carbons (Fsp3) is 0.0769. The summed E-state index contributed by atoms with van der Waals surface area (Å²) < 4.78 is 0. The Bertz CT molecular complexity index is 933. The first-order chi connectivity index (χ1) is 13.5. The van der Waals surface area contributed by atoms with Gasteiger partial charge in [0.1, 0.15) is 0 Å². The van der Waals surface area contributed by atoms with Crippen LogP contribution in [0.25, 0.3) is 12.2 Å². The van der Waals surface area contributed by atoms with E-state index in [9.17, 15) is 9.59 Å². The van der Waals surface area contributed by atoms with Crippen molar-refractivity contribution in [2.45, 2.75) is 13.8 Å². The summed E-state index contributed by atoms with van der Waals surface area (Å²) >= 11 is 0. The third-order valence-electron chi connectivity index (χ3n) is 4.46. The van der Waals surface area contributed by atoms with Crippen LogP contribution in [0.15, 0.2) is 84.9 Å². The van der Waals surface area contributed by atoms with Crippen molar-refractivity contribution in [3.05, 3.63) is 118 Å². The van der Waals surface area contributed by atoms with Gasteiger partial charge in [-0.1, -0.05) is 96.1 Å². The number of hydrogen-bond acceptors (Lipinski definition) is 2. The lowest BCUT2D eigenvalue weighted by Gasteiger charge is -1.99. The lowest BCUT2D eigenvalue weighted by atomic mass is 10.1. The second-order valence-electron chi connectivity index (χ2n) is 6.79. The minimum atomic E-state index is -0.0207. The van der Waals surface area contributed by atoms with Crippen molar-refractivity contribution in [2.24, 2.45) is 0 Å². The van der Waals surface area contributed by atoms with E-state index in [0.29, 0.717) is 11.1 Å². The lowest BCUT2D eigenvalue weighted by molar-refractivity contribution is 0.103. The second kappa shape index (κ2) is 8.92. The fourth-order valence-corrected chi connectivity index (χ4v) is 2.69. The highest BCUT2D eigenvalue weighted by atomic mass is 16.1. The molecule has 0 radical (unpaired) electrons. The molecule has 0 spiro atoms. The van der Waals surface area contributed by atoms with Crippen LogP contribution >= 0.6 is 0 Å². The van der Waals surface area contributed by atoms with Crippen molar-refractivity contribution in [3.8, 4) is 0 Å². The number of ketones is 2. The van der Waals surface area contributed by atoms with E-state index in [2.05, 4.69) is 0 Å². The van der Waals surface area contributed by atoms with E-state index < -0.39 is 0 Å². The first-order valence-corrected chi connectivity index (χ1v) is 9.19. The Kier molecular flexibility index (Phi) is 6.13. The van der Waals surface area contributed by atoms with Gasteiger partial charge in [0.25, 0.3) is 0 Å². The normalized spacial score (nSPS) is 11.2. The molecule has 3 aromatic rings. The van der Waals surface area contributed by atoms with Gasteiger partial charge in [-0.05, 0) is 37.1 Å². The van der Waals surface area contributed by atoms with Gasteiger partial charge >= 0.3 is 0 Å². The molecule has 0 atom stereocenters. The van der Waals surface area contributed by atoms with Gasteiger partial charge < -0.3 is 0 Å². The first-order valence-electron chi connectivity index (χ1n) is 9.19. The summed E-state index contributed by atoms with van der Waals surface area (Å²) in [6.07, 6.45) is 6.76. The average molecular weight is 366 g/mol. The molecule has 0 saturated heterocycles. The largest absolute Gasteiger partial charge is 0.289 e. The van der Waals surface area contributed by atoms with Crippen LogP contribution in [0.3, 0.4) is 0 Å². The summed E-state index contributed by atoms with van der Waals surface area (Å²) in [5.74, 6) is -0.0414. The maximum Gasteiger partial charge on any atom is 0.185 e. The fourth-order valence-electron chi connectivity index (χ4n) is 2.69. The van der Waals surface area contributed by atoms with E-state index in [0.717, 1.165) is 22.3 Å². The highest BCUT2D eigenvalue weighted by Crippen LogP contribution is 2.11. The molecule has 0 aliphatic carbocycles. The van der Waals surface area contributed by atoms with Crippen molar-refractivity contribution in [2.75, 3.05) is 0 Å². The SMILES string of the molecule is Cc1ccc(C(=O)/C=C/c2ccc(/C=C/C(=O)c3ccc(C)cc3)cc2)cc1. The van der Waals surface area contributed by atoms with Crippen LogP contribution < -0.4 is 0 Å². The Labute approximate surface area is 165 Å². The summed E-state index contributed by atoms with van der Waals surface area (Å²) in [6.45, 7) is 3.99. The van der Waals surface area contributed by atoms with E-state index in [1.165, 1.54) is 0 Å². The van der Waals surface area contributed by atoms with Crippen LogP contribution in [0.1, 0.15) is 43.0 Å². The molecule has 0 unspecified atom stereocenters. The number of carbonyl (C=O) groups excluding carboxylic acids is 2. The molecule has 0 heterocycles. The zero-order valence-corrected chi connectivity index (χ0v) is 16.1. The molecule has 0 bridgehead atoms. The monoisotopic (exact) mass is 366 g/mol. The summed E-state index contributed by atoms with van der Waals surface area (Å²) in [4.78, 5) is 24.4. The third-order valence-corrected chi connectivity index (χ3v) is 4.46. The number of allylic oxidation sites excluding steroid dienone is 2. The molecule has 2 nitrogen and oxygen atoms in total. The summed E-state index contributed by atoms with van der Waals surface area (Å²) in [5, 5.41) is 0. The smallest absolute Gasteiger partial charge is 0.185 e. The maximum atomic E-state index is 12.2. The van der Waals surface area contributed by atoms with Gasteiger partial charge in [-0.2, -0.15) is 0 Å². The highest BCUT2D eigenvalue weighted by Gasteiger charge is 2.02. The molecule has 0 aliphatic rings. The van der Waals surface area contributed by atoms with Crippen LogP contribution in [-0.2, 0) is 0 Å². The van der Waals surface area contributed by atoms with Gasteiger partial charge in [-0.3, -0.25) is 9.59 Å². The molecule has 138 valence electrons. The Balaban J connectivity index is 1.62. The lowest BCUT2D eigenvalue weighted by Crippen LogP contribution is -1.94. The molecule has 28 heavy (non-hydrogen) atoms. The second-order valence-corrected chi connectivity index (χ2v) is 6.79. The molecular formula is C26H22O2. The van der Waals surface area contributed by atoms with Crippen LogP contribution in [0.5, 0.6) is 0 Å². The molecule has 0 aliphatic heterocycles. The van der Waals surface area contributed by atoms with Crippen molar-refractivity contribution in [1.29, 1.82) is 0 Å². The third kappa shape index (κ3) is 5.24. The zero-order chi connectivity index (χ0) is 19.9. The minimum absolute atomic E-state index is 0.0207. The van der Waals surface area contributed by atoms with Crippen LogP contribution in [0.4, 0.5) is 0 Å². The highest BCUT2D eigenvalue weighted by molar-refractivity contribution is 6.07. The number of rotatable bonds is 6. The van der Waals surface area contributed by atoms with E-state index in [-0.39, 0.29) is 11.6 Å². The molecule has 3 aromatic carbocycles. The predicted octanol–water partition coefficient (Wildman–Crippen LogP) is 6.10. The van der Waals surface area contributed by atoms with Crippen molar-refractivity contribution in [1.82, 2.24) is 0 Å². The van der Waals surface area contributed by atoms with E-state index in [1.54, 1.807) is 24.3 Å². The molecule has 0 aromatic heterocycles. The Hall–Kier alpha value is -3.52. The molecule has 0 saturated carbocycles. The minimum Gasteiger partial charge on any atom is -0.289 e. The van der Waals surface area contributed by atoms with Crippen molar-refractivity contribution < 1.29 is 9.59 Å². The van der Waals surface area contributed by atoms with Gasteiger partial charge in [0.15, 0.2) is 11.6 Å². The van der Waals surface area contributed by atoms with Crippen LogP contribution in [0.2, 0.25) is 0 Å². The zero-order valence-electron chi connectivity index (χ0n) is 16.1. The molecule has 0 amide bonds. The summed E-state index contributed by atoms with van der Waals surface area (Å²) in [6, 6.07) is 22.8. The quantitative estimate of drug-likeness (QED) is 0.390. The molecule has 0 N–H and O–H groups in total. The molecular weight excluding hydrogens is 344 g/mol. The van der Waals surface area contributed by atoms with Crippen LogP contribution in [0, 0.1) is 13.8 Å². The first kappa shape index (κ1) is 19.2. The van der Waals surface area contributed by atoms with E-state index >= 15 is 0 Å². The Morgan fingerprint density at radius 1 is 0.536 bits per heavy atom. The van der Waals surface area contributed by atoms with E-state index in [4.69, 9.17) is 0 Å². The number of hydrogen-bond donors (Lipinski definition) is 0. The van der Waals surface area contributed by atoms with Crippen molar-refractivity contribution in [3.63, 3.8) is 0 Å². The Morgan fingerprint density at radius 2 is 0.857 bits per heavy atom. The predicted molar refractivity (Wildman–Crippen MR) is 116 cm³/mol. The van der Waals surface area contributed by atoms with Gasteiger partial charge in [0.05, 0.1) is 0 Å². The number of carbonyl (C=O) groups is 2. The number of benzene rings is 3. The average Bonchev–Trinajstić information content (AvgIpc) is 2.72. The number of aryl methyl sites for hydroxylation is 2. The Morgan fingerprint density at radius 3 is 1.18 bits per heavy atom. The molecule has 3 rings (SSSR count). The molecule has 0 fully saturated rings. The van der Waals surface area contributed by atoms with E-state index in [1.807, 2.05) is 86.6 Å². The summed E-state index contributed by atoms with van der Waals surface area (Å²) in [5.41, 5.74) is 5.48. The summed E-state index contributed by atoms with van der Waals surface area (Å²) in [7, 11) is 0. The van der Waals surface area contributed by atoms with Crippen LogP contribution in [-0.4, -0.2) is 11.6 Å². The van der Waals surface area contributed by atoms with Crippen molar-refractivity contribution >= 4 is 23.7 Å². The topological polar surface area (TPSA) is 34.1 Å². The standard InChI is InChI=1S/C26H22O2/c1-19-3-13-23(14-4-19)25(27)17-11-21-7-9-22(10-8-21)12-18-26(28)24-15-5-20(2)6-16-24/h3-18H,1-2H3/b17-11+,18-12+. The van der Waals surface area contributed by atoms with Gasteiger partial charge in [0.2, 0.25) is 0 Å². The maximum absolute atomic E-state index is 12.2.